The Morgan fingerprint density at radius 3 is 2.72 bits per heavy atom. The molecule has 0 amide bonds. The van der Waals surface area contributed by atoms with Crippen molar-refractivity contribution in [2.45, 2.75) is 38.0 Å². The first-order valence-electron chi connectivity index (χ1n) is 7.01. The van der Waals surface area contributed by atoms with Crippen molar-refractivity contribution in [2.24, 2.45) is 5.92 Å². The molecule has 0 aromatic heterocycles. The largest absolute Gasteiger partial charge is 0.378 e. The lowest BCUT2D eigenvalue weighted by Gasteiger charge is -2.36. The van der Waals surface area contributed by atoms with Gasteiger partial charge in [-0.15, -0.1) is 0 Å². The highest BCUT2D eigenvalue weighted by molar-refractivity contribution is 5.99. The van der Waals surface area contributed by atoms with Crippen molar-refractivity contribution in [1.29, 1.82) is 0 Å². The molecule has 0 heterocycles. The van der Waals surface area contributed by atoms with Crippen LogP contribution in [0.15, 0.2) is 18.2 Å². The number of rotatable bonds is 1. The van der Waals surface area contributed by atoms with Gasteiger partial charge >= 0.3 is 0 Å². The van der Waals surface area contributed by atoms with Gasteiger partial charge in [0.15, 0.2) is 5.78 Å². The molecule has 0 aliphatic heterocycles. The lowest BCUT2D eigenvalue weighted by Crippen LogP contribution is -2.28. The van der Waals surface area contributed by atoms with Crippen LogP contribution >= 0.6 is 0 Å². The van der Waals surface area contributed by atoms with E-state index in [0.717, 1.165) is 12.0 Å². The molecule has 2 aliphatic rings. The van der Waals surface area contributed by atoms with Gasteiger partial charge < -0.3 is 4.90 Å². The third-order valence-electron chi connectivity index (χ3n) is 4.61. The SMILES string of the molecule is CN(C)c1ccc2c(c1)C1CCCCC1CC2=O. The molecule has 1 aromatic carbocycles. The first kappa shape index (κ1) is 11.8. The zero-order valence-electron chi connectivity index (χ0n) is 11.3. The van der Waals surface area contributed by atoms with Crippen molar-refractivity contribution in [1.82, 2.24) is 0 Å². The fourth-order valence-electron chi connectivity index (χ4n) is 3.60. The van der Waals surface area contributed by atoms with Crippen molar-refractivity contribution in [3.63, 3.8) is 0 Å². The molecule has 0 radical (unpaired) electrons. The Balaban J connectivity index is 2.06. The van der Waals surface area contributed by atoms with Crippen LogP contribution in [0.2, 0.25) is 0 Å². The third kappa shape index (κ3) is 1.84. The molecule has 96 valence electrons. The van der Waals surface area contributed by atoms with Gasteiger partial charge in [0.2, 0.25) is 0 Å². The van der Waals surface area contributed by atoms with E-state index in [1.807, 2.05) is 6.07 Å². The highest BCUT2D eigenvalue weighted by Crippen LogP contribution is 2.45. The van der Waals surface area contributed by atoms with Gasteiger partial charge in [0.05, 0.1) is 0 Å². The van der Waals surface area contributed by atoms with Crippen LogP contribution in [0.3, 0.4) is 0 Å². The van der Waals surface area contributed by atoms with Gasteiger partial charge in [-0.25, -0.2) is 0 Å². The second-order valence-electron chi connectivity index (χ2n) is 5.94. The zero-order chi connectivity index (χ0) is 12.7. The van der Waals surface area contributed by atoms with Crippen LogP contribution in [-0.2, 0) is 0 Å². The van der Waals surface area contributed by atoms with Crippen molar-refractivity contribution < 1.29 is 4.79 Å². The average Bonchev–Trinajstić information content (AvgIpc) is 2.38. The standard InChI is InChI=1S/C16H21NO/c1-17(2)12-7-8-14-15(10-12)13-6-4-3-5-11(13)9-16(14)18/h7-8,10-11,13H,3-6,9H2,1-2H3. The van der Waals surface area contributed by atoms with Gasteiger partial charge in [0, 0.05) is 31.8 Å². The quantitative estimate of drug-likeness (QED) is 0.751. The van der Waals surface area contributed by atoms with Gasteiger partial charge in [-0.3, -0.25) is 4.79 Å². The van der Waals surface area contributed by atoms with E-state index in [0.29, 0.717) is 17.6 Å². The van der Waals surface area contributed by atoms with Crippen molar-refractivity contribution >= 4 is 11.5 Å². The summed E-state index contributed by atoms with van der Waals surface area (Å²) in [4.78, 5) is 14.3. The maximum absolute atomic E-state index is 12.2. The minimum Gasteiger partial charge on any atom is -0.378 e. The molecule has 2 atom stereocenters. The summed E-state index contributed by atoms with van der Waals surface area (Å²) in [5.74, 6) is 1.60. The van der Waals surface area contributed by atoms with E-state index < -0.39 is 0 Å². The summed E-state index contributed by atoms with van der Waals surface area (Å²) in [7, 11) is 4.12. The summed E-state index contributed by atoms with van der Waals surface area (Å²) in [6, 6.07) is 6.35. The Morgan fingerprint density at radius 2 is 1.94 bits per heavy atom. The fraction of sp³-hybridized carbons (Fsp3) is 0.562. The predicted octanol–water partition coefficient (Wildman–Crippen LogP) is 3.61. The molecule has 0 bridgehead atoms. The topological polar surface area (TPSA) is 20.3 Å². The maximum Gasteiger partial charge on any atom is 0.163 e. The first-order valence-corrected chi connectivity index (χ1v) is 7.01. The molecule has 1 saturated carbocycles. The Hall–Kier alpha value is -1.31. The van der Waals surface area contributed by atoms with E-state index in [2.05, 4.69) is 31.1 Å². The van der Waals surface area contributed by atoms with Gasteiger partial charge in [-0.2, -0.15) is 0 Å². The van der Waals surface area contributed by atoms with E-state index in [-0.39, 0.29) is 0 Å². The number of nitrogens with zero attached hydrogens (tertiary/aromatic N) is 1. The normalized spacial score (nSPS) is 26.4. The monoisotopic (exact) mass is 243 g/mol. The van der Waals surface area contributed by atoms with Gasteiger partial charge in [-0.05, 0) is 48.4 Å². The summed E-state index contributed by atoms with van der Waals surface area (Å²) in [6.07, 6.45) is 5.90. The number of carbonyl (C=O) groups excluding carboxylic acids is 1. The van der Waals surface area contributed by atoms with Crippen molar-refractivity contribution in [3.05, 3.63) is 29.3 Å². The number of benzene rings is 1. The van der Waals surface area contributed by atoms with Crippen molar-refractivity contribution in [3.8, 4) is 0 Å². The number of anilines is 1. The molecule has 2 heteroatoms. The number of Topliss-reactive ketones (excluding diaryl/α,β-unsaturated/α-hetero) is 1. The molecule has 0 N–H and O–H groups in total. The lowest BCUT2D eigenvalue weighted by atomic mass is 9.67. The van der Waals surface area contributed by atoms with Gasteiger partial charge in [0.25, 0.3) is 0 Å². The van der Waals surface area contributed by atoms with Crippen LogP contribution in [0.5, 0.6) is 0 Å². The van der Waals surface area contributed by atoms with Crippen LogP contribution in [0.25, 0.3) is 0 Å². The minimum atomic E-state index is 0.360. The second-order valence-corrected chi connectivity index (χ2v) is 5.94. The van der Waals surface area contributed by atoms with E-state index in [4.69, 9.17) is 0 Å². The summed E-state index contributed by atoms with van der Waals surface area (Å²) in [5, 5.41) is 0. The Morgan fingerprint density at radius 1 is 1.17 bits per heavy atom. The molecule has 0 saturated heterocycles. The Labute approximate surface area is 109 Å². The zero-order valence-corrected chi connectivity index (χ0v) is 11.3. The molecule has 1 fully saturated rings. The van der Waals surface area contributed by atoms with Crippen LogP contribution in [0, 0.1) is 5.92 Å². The molecular formula is C16H21NO. The molecule has 1 aromatic rings. The number of fused-ring (bicyclic) bond motifs is 3. The van der Waals surface area contributed by atoms with Crippen molar-refractivity contribution in [2.75, 3.05) is 19.0 Å². The van der Waals surface area contributed by atoms with Gasteiger partial charge in [0.1, 0.15) is 0 Å². The van der Waals surface area contributed by atoms with E-state index in [9.17, 15) is 4.79 Å². The van der Waals surface area contributed by atoms with Crippen LogP contribution in [-0.4, -0.2) is 19.9 Å². The molecule has 2 unspecified atom stereocenters. The Bertz CT molecular complexity index is 478. The summed E-state index contributed by atoms with van der Waals surface area (Å²) >= 11 is 0. The van der Waals surface area contributed by atoms with E-state index in [1.165, 1.54) is 36.9 Å². The minimum absolute atomic E-state index is 0.360. The fourth-order valence-corrected chi connectivity index (χ4v) is 3.60. The van der Waals surface area contributed by atoms with Crippen LogP contribution in [0.4, 0.5) is 5.69 Å². The number of hydrogen-bond donors (Lipinski definition) is 0. The molecule has 2 aliphatic carbocycles. The summed E-state index contributed by atoms with van der Waals surface area (Å²) in [5.41, 5.74) is 3.53. The second kappa shape index (κ2) is 4.42. The highest BCUT2D eigenvalue weighted by atomic mass is 16.1. The van der Waals surface area contributed by atoms with Crippen LogP contribution < -0.4 is 4.90 Å². The average molecular weight is 243 g/mol. The molecule has 2 nitrogen and oxygen atoms in total. The van der Waals surface area contributed by atoms with Crippen LogP contribution in [0.1, 0.15) is 53.9 Å². The molecule has 18 heavy (non-hydrogen) atoms. The smallest absolute Gasteiger partial charge is 0.163 e. The maximum atomic E-state index is 12.2. The Kier molecular flexibility index (Phi) is 2.89. The summed E-state index contributed by atoms with van der Waals surface area (Å²) < 4.78 is 0. The molecular weight excluding hydrogens is 222 g/mol. The summed E-state index contributed by atoms with van der Waals surface area (Å²) in [6.45, 7) is 0. The van der Waals surface area contributed by atoms with E-state index >= 15 is 0 Å². The predicted molar refractivity (Wildman–Crippen MR) is 74.4 cm³/mol. The molecule has 3 rings (SSSR count). The van der Waals surface area contributed by atoms with E-state index in [1.54, 1.807) is 0 Å². The number of ketones is 1. The first-order chi connectivity index (χ1) is 8.66. The lowest BCUT2D eigenvalue weighted by molar-refractivity contribution is 0.0919. The highest BCUT2D eigenvalue weighted by Gasteiger charge is 2.35. The number of hydrogen-bond acceptors (Lipinski definition) is 2. The molecule has 0 spiro atoms. The third-order valence-corrected chi connectivity index (χ3v) is 4.61. The number of carbonyl (C=O) groups is 1. The van der Waals surface area contributed by atoms with Gasteiger partial charge in [-0.1, -0.05) is 12.8 Å².